The van der Waals surface area contributed by atoms with Crippen LogP contribution in [0, 0.1) is 12.8 Å². The molecule has 0 amide bonds. The van der Waals surface area contributed by atoms with Gasteiger partial charge in [0.05, 0.1) is 24.6 Å². The zero-order valence-corrected chi connectivity index (χ0v) is 17.0. The lowest BCUT2D eigenvalue weighted by atomic mass is 10.1. The number of aryl methyl sites for hydroxylation is 1. The van der Waals surface area contributed by atoms with Crippen LogP contribution < -0.4 is 15.4 Å². The molecule has 154 valence electrons. The van der Waals surface area contributed by atoms with Crippen molar-refractivity contribution in [2.24, 2.45) is 5.92 Å². The summed E-state index contributed by atoms with van der Waals surface area (Å²) in [6.45, 7) is 5.02. The van der Waals surface area contributed by atoms with Crippen LogP contribution in [0.5, 0.6) is 5.88 Å². The maximum atomic E-state index is 5.41. The minimum atomic E-state index is 0.561. The highest BCUT2D eigenvalue weighted by molar-refractivity contribution is 5.74. The summed E-state index contributed by atoms with van der Waals surface area (Å²) in [6.07, 6.45) is 4.99. The molecule has 9 nitrogen and oxygen atoms in total. The average Bonchev–Trinajstić information content (AvgIpc) is 3.51. The molecule has 30 heavy (non-hydrogen) atoms. The van der Waals surface area contributed by atoms with Gasteiger partial charge in [-0.25, -0.2) is 15.0 Å². The summed E-state index contributed by atoms with van der Waals surface area (Å²) >= 11 is 0. The monoisotopic (exact) mass is 404 g/mol. The number of nitrogens with zero attached hydrogens (tertiary/aromatic N) is 5. The molecule has 0 unspecified atom stereocenters. The predicted octanol–water partition coefficient (Wildman–Crippen LogP) is 2.89. The van der Waals surface area contributed by atoms with Gasteiger partial charge in [0, 0.05) is 24.5 Å². The van der Waals surface area contributed by atoms with Crippen LogP contribution in [0.15, 0.2) is 36.7 Å². The number of fused-ring (bicyclic) bond motifs is 1. The predicted molar refractivity (Wildman–Crippen MR) is 115 cm³/mol. The van der Waals surface area contributed by atoms with Gasteiger partial charge in [-0.1, -0.05) is 0 Å². The highest BCUT2D eigenvalue weighted by Crippen LogP contribution is 2.29. The molecule has 0 spiro atoms. The molecule has 1 aliphatic heterocycles. The summed E-state index contributed by atoms with van der Waals surface area (Å²) < 4.78 is 7.59. The molecule has 5 heterocycles. The van der Waals surface area contributed by atoms with E-state index in [9.17, 15) is 0 Å². The molecule has 1 atom stereocenters. The van der Waals surface area contributed by atoms with Gasteiger partial charge in [-0.05, 0) is 50.6 Å². The fourth-order valence-corrected chi connectivity index (χ4v) is 3.85. The summed E-state index contributed by atoms with van der Waals surface area (Å²) in [4.78, 5) is 13.7. The van der Waals surface area contributed by atoms with Crippen LogP contribution in [0.2, 0.25) is 0 Å². The third kappa shape index (κ3) is 3.59. The Kier molecular flexibility index (Phi) is 4.80. The van der Waals surface area contributed by atoms with E-state index in [2.05, 4.69) is 41.6 Å². The minimum Gasteiger partial charge on any atom is -0.480 e. The molecule has 0 aromatic carbocycles. The summed E-state index contributed by atoms with van der Waals surface area (Å²) in [7, 11) is 1.61. The van der Waals surface area contributed by atoms with Crippen molar-refractivity contribution in [3.8, 4) is 17.1 Å². The molecular weight excluding hydrogens is 380 g/mol. The maximum Gasteiger partial charge on any atom is 0.222 e. The van der Waals surface area contributed by atoms with E-state index in [-0.39, 0.29) is 0 Å². The van der Waals surface area contributed by atoms with Crippen LogP contribution in [0.3, 0.4) is 0 Å². The molecule has 0 bridgehead atoms. The van der Waals surface area contributed by atoms with Gasteiger partial charge in [0.25, 0.3) is 0 Å². The fraction of sp³-hybridized carbons (Fsp3) is 0.333. The van der Waals surface area contributed by atoms with E-state index < -0.39 is 0 Å². The van der Waals surface area contributed by atoms with Gasteiger partial charge in [-0.3, -0.25) is 5.10 Å². The van der Waals surface area contributed by atoms with Crippen molar-refractivity contribution in [3.05, 3.63) is 42.4 Å². The van der Waals surface area contributed by atoms with Gasteiger partial charge in [0.15, 0.2) is 17.3 Å². The second-order valence-electron chi connectivity index (χ2n) is 7.59. The maximum absolute atomic E-state index is 5.41. The second kappa shape index (κ2) is 7.75. The van der Waals surface area contributed by atoms with Crippen LogP contribution in [0.1, 0.15) is 12.1 Å². The lowest BCUT2D eigenvalue weighted by molar-refractivity contribution is 0.398. The number of hydrogen-bond donors (Lipinski definition) is 3. The highest BCUT2D eigenvalue weighted by Gasteiger charge is 2.17. The van der Waals surface area contributed by atoms with E-state index in [0.29, 0.717) is 23.4 Å². The van der Waals surface area contributed by atoms with Crippen LogP contribution in [-0.2, 0) is 6.54 Å². The van der Waals surface area contributed by atoms with Crippen molar-refractivity contribution < 1.29 is 4.74 Å². The Morgan fingerprint density at radius 1 is 1.23 bits per heavy atom. The van der Waals surface area contributed by atoms with Crippen molar-refractivity contribution >= 4 is 22.8 Å². The van der Waals surface area contributed by atoms with E-state index in [0.717, 1.165) is 47.7 Å². The molecule has 0 aliphatic carbocycles. The third-order valence-corrected chi connectivity index (χ3v) is 5.40. The summed E-state index contributed by atoms with van der Waals surface area (Å²) in [6, 6.07) is 7.83. The van der Waals surface area contributed by atoms with Gasteiger partial charge in [-0.2, -0.15) is 5.10 Å². The Balaban J connectivity index is 1.38. The number of aromatic nitrogens is 6. The molecule has 1 saturated heterocycles. The lowest BCUT2D eigenvalue weighted by Gasteiger charge is -2.10. The van der Waals surface area contributed by atoms with Gasteiger partial charge in [0.1, 0.15) is 5.52 Å². The van der Waals surface area contributed by atoms with Crippen LogP contribution in [0.4, 0.5) is 11.6 Å². The number of hydrogen-bond acceptors (Lipinski definition) is 7. The number of H-pyrrole nitrogens is 1. The van der Waals surface area contributed by atoms with Crippen molar-refractivity contribution in [2.45, 2.75) is 19.9 Å². The molecule has 1 fully saturated rings. The van der Waals surface area contributed by atoms with E-state index in [1.807, 2.05) is 31.2 Å². The van der Waals surface area contributed by atoms with Crippen molar-refractivity contribution in [2.75, 3.05) is 25.5 Å². The normalized spacial score (nSPS) is 16.3. The van der Waals surface area contributed by atoms with Gasteiger partial charge in [0.2, 0.25) is 5.88 Å². The first-order chi connectivity index (χ1) is 14.7. The zero-order valence-electron chi connectivity index (χ0n) is 17.0. The van der Waals surface area contributed by atoms with E-state index in [4.69, 9.17) is 9.72 Å². The topological polar surface area (TPSA) is 106 Å². The lowest BCUT2D eigenvalue weighted by Crippen LogP contribution is -2.14. The Morgan fingerprint density at radius 2 is 2.17 bits per heavy atom. The fourth-order valence-electron chi connectivity index (χ4n) is 3.85. The molecule has 0 radical (unpaired) electrons. The Labute approximate surface area is 173 Å². The Hall–Kier alpha value is -3.46. The van der Waals surface area contributed by atoms with Crippen LogP contribution in [-0.4, -0.2) is 49.9 Å². The van der Waals surface area contributed by atoms with Gasteiger partial charge in [-0.15, -0.1) is 0 Å². The number of nitrogens with one attached hydrogen (secondary N) is 3. The molecule has 9 heteroatoms. The Bertz CT molecular complexity index is 1170. The zero-order chi connectivity index (χ0) is 20.5. The SMILES string of the molecule is COc1nc(C)ccc1-c1cc(Nc2cnc3ccn(C[C@H]4CCNC4)c3n2)n[nH]1. The first-order valence-corrected chi connectivity index (χ1v) is 10.1. The van der Waals surface area contributed by atoms with Crippen LogP contribution in [0.25, 0.3) is 22.4 Å². The average molecular weight is 404 g/mol. The number of ether oxygens (including phenoxy) is 1. The van der Waals surface area contributed by atoms with Crippen molar-refractivity contribution in [1.29, 1.82) is 0 Å². The quantitative estimate of drug-likeness (QED) is 0.454. The summed E-state index contributed by atoms with van der Waals surface area (Å²) in [5, 5.41) is 14.1. The number of aromatic amines is 1. The number of rotatable bonds is 6. The van der Waals surface area contributed by atoms with E-state index >= 15 is 0 Å². The van der Waals surface area contributed by atoms with Crippen molar-refractivity contribution in [1.82, 2.24) is 35.0 Å². The van der Waals surface area contributed by atoms with Gasteiger partial charge < -0.3 is 19.9 Å². The minimum absolute atomic E-state index is 0.561. The molecule has 3 N–H and O–H groups in total. The first-order valence-electron chi connectivity index (χ1n) is 10.1. The summed E-state index contributed by atoms with van der Waals surface area (Å²) in [5.74, 6) is 2.50. The molecule has 0 saturated carbocycles. The largest absolute Gasteiger partial charge is 0.480 e. The van der Waals surface area contributed by atoms with E-state index in [1.165, 1.54) is 6.42 Å². The number of pyridine rings is 1. The standard InChI is InChI=1S/C21H24N8O/c1-13-3-4-15(21(24-13)30-2)17-9-18(28-27-17)25-19-11-23-16-6-8-29(20(16)26-19)12-14-5-7-22-10-14/h3-4,6,8-9,11,14,22H,5,7,10,12H2,1-2H3,(H2,25,26,27,28)/t14-/m0/s1. The molecule has 4 aromatic heterocycles. The molecule has 5 rings (SSSR count). The smallest absolute Gasteiger partial charge is 0.222 e. The first kappa shape index (κ1) is 18.6. The van der Waals surface area contributed by atoms with Gasteiger partial charge >= 0.3 is 0 Å². The highest BCUT2D eigenvalue weighted by atomic mass is 16.5. The number of methoxy groups -OCH3 is 1. The summed E-state index contributed by atoms with van der Waals surface area (Å²) in [5.41, 5.74) is 4.34. The van der Waals surface area contributed by atoms with E-state index in [1.54, 1.807) is 13.3 Å². The molecule has 1 aliphatic rings. The van der Waals surface area contributed by atoms with Crippen LogP contribution >= 0.6 is 0 Å². The number of anilines is 2. The molecular formula is C21H24N8O. The third-order valence-electron chi connectivity index (χ3n) is 5.40. The second-order valence-corrected chi connectivity index (χ2v) is 7.59. The van der Waals surface area contributed by atoms with Crippen molar-refractivity contribution in [3.63, 3.8) is 0 Å². The Morgan fingerprint density at radius 3 is 3.00 bits per heavy atom. The molecule has 4 aromatic rings.